The fourth-order valence-electron chi connectivity index (χ4n) is 1.24. The summed E-state index contributed by atoms with van der Waals surface area (Å²) in [6.07, 6.45) is 1.21. The Balaban J connectivity index is 2.72. The number of hydrogen-bond acceptors (Lipinski definition) is 2. The highest BCUT2D eigenvalue weighted by molar-refractivity contribution is 9.10. The Morgan fingerprint density at radius 2 is 2.13 bits per heavy atom. The number of carbonyl (C=O) groups is 1. The average Bonchev–Trinajstić information content (AvgIpc) is 2.19. The Labute approximate surface area is 92.7 Å². The minimum Gasteiger partial charge on any atom is -0.478 e. The van der Waals surface area contributed by atoms with Crippen LogP contribution in [-0.4, -0.2) is 16.1 Å². The Bertz CT molecular complexity index is 556. The summed E-state index contributed by atoms with van der Waals surface area (Å²) in [6.45, 7) is 0. The number of rotatable bonds is 1. The molecule has 2 aromatic rings. The van der Waals surface area contributed by atoms with Crippen molar-refractivity contribution in [3.8, 4) is 0 Å². The van der Waals surface area contributed by atoms with E-state index in [2.05, 4.69) is 20.9 Å². The molecule has 2 rings (SSSR count). The molecule has 1 heterocycles. The minimum atomic E-state index is -1.05. The number of pyridine rings is 1. The first kappa shape index (κ1) is 10.0. The molecule has 1 aromatic heterocycles. The number of carboxylic acid groups (broad SMARTS) is 1. The van der Waals surface area contributed by atoms with Crippen LogP contribution < -0.4 is 0 Å². The van der Waals surface area contributed by atoms with Crippen LogP contribution in [0.4, 0.5) is 4.39 Å². The molecule has 0 aliphatic heterocycles. The SMILES string of the molecule is O=C(O)c1cnc2cc(F)c(Br)cc2c1. The van der Waals surface area contributed by atoms with Crippen molar-refractivity contribution >= 4 is 32.8 Å². The first-order valence-electron chi connectivity index (χ1n) is 4.06. The molecule has 0 saturated carbocycles. The number of halogens is 2. The summed E-state index contributed by atoms with van der Waals surface area (Å²) in [5.74, 6) is -1.47. The van der Waals surface area contributed by atoms with Gasteiger partial charge in [0.1, 0.15) is 5.82 Å². The number of aromatic nitrogens is 1. The lowest BCUT2D eigenvalue weighted by atomic mass is 10.1. The highest BCUT2D eigenvalue weighted by Crippen LogP contribution is 2.22. The van der Waals surface area contributed by atoms with E-state index in [1.807, 2.05) is 0 Å². The second-order valence-electron chi connectivity index (χ2n) is 2.99. The van der Waals surface area contributed by atoms with Crippen molar-refractivity contribution in [1.82, 2.24) is 4.98 Å². The minimum absolute atomic E-state index is 0.0843. The quantitative estimate of drug-likeness (QED) is 0.866. The van der Waals surface area contributed by atoms with Gasteiger partial charge >= 0.3 is 5.97 Å². The molecule has 0 atom stereocenters. The van der Waals surface area contributed by atoms with E-state index in [0.29, 0.717) is 15.4 Å². The van der Waals surface area contributed by atoms with Crippen molar-refractivity contribution in [3.63, 3.8) is 0 Å². The molecule has 76 valence electrons. The number of aromatic carboxylic acids is 1. The van der Waals surface area contributed by atoms with E-state index in [9.17, 15) is 9.18 Å². The van der Waals surface area contributed by atoms with E-state index >= 15 is 0 Å². The van der Waals surface area contributed by atoms with E-state index in [-0.39, 0.29) is 5.56 Å². The summed E-state index contributed by atoms with van der Waals surface area (Å²) in [5.41, 5.74) is 0.515. The lowest BCUT2D eigenvalue weighted by Gasteiger charge is -2.00. The van der Waals surface area contributed by atoms with Crippen LogP contribution in [0.15, 0.2) is 28.9 Å². The average molecular weight is 270 g/mol. The second kappa shape index (κ2) is 3.58. The van der Waals surface area contributed by atoms with Gasteiger partial charge in [-0.1, -0.05) is 0 Å². The molecule has 0 fully saturated rings. The fraction of sp³-hybridized carbons (Fsp3) is 0. The first-order chi connectivity index (χ1) is 7.08. The molecule has 0 unspecified atom stereocenters. The highest BCUT2D eigenvalue weighted by Gasteiger charge is 2.07. The van der Waals surface area contributed by atoms with Gasteiger partial charge in [-0.2, -0.15) is 0 Å². The third kappa shape index (κ3) is 1.83. The van der Waals surface area contributed by atoms with E-state index in [1.165, 1.54) is 24.4 Å². The Morgan fingerprint density at radius 3 is 2.80 bits per heavy atom. The summed E-state index contributed by atoms with van der Waals surface area (Å²) in [6, 6.07) is 4.21. The molecule has 1 aromatic carbocycles. The molecule has 0 spiro atoms. The van der Waals surface area contributed by atoms with Crippen LogP contribution in [0, 0.1) is 5.82 Å². The highest BCUT2D eigenvalue weighted by atomic mass is 79.9. The van der Waals surface area contributed by atoms with Crippen LogP contribution in [0.25, 0.3) is 10.9 Å². The molecule has 0 aliphatic carbocycles. The normalized spacial score (nSPS) is 10.5. The molecular weight excluding hydrogens is 265 g/mol. The maximum absolute atomic E-state index is 13.1. The molecule has 5 heteroatoms. The first-order valence-corrected chi connectivity index (χ1v) is 4.85. The van der Waals surface area contributed by atoms with Crippen molar-refractivity contribution in [2.24, 2.45) is 0 Å². The van der Waals surface area contributed by atoms with Crippen molar-refractivity contribution in [1.29, 1.82) is 0 Å². The number of hydrogen-bond donors (Lipinski definition) is 1. The van der Waals surface area contributed by atoms with Gasteiger partial charge in [0.25, 0.3) is 0 Å². The van der Waals surface area contributed by atoms with Gasteiger partial charge in [-0.25, -0.2) is 9.18 Å². The largest absolute Gasteiger partial charge is 0.478 e. The molecule has 0 aliphatic rings. The van der Waals surface area contributed by atoms with Gasteiger partial charge in [0.15, 0.2) is 0 Å². The number of benzene rings is 1. The predicted octanol–water partition coefficient (Wildman–Crippen LogP) is 2.83. The Hall–Kier alpha value is -1.49. The smallest absolute Gasteiger partial charge is 0.337 e. The molecule has 0 bridgehead atoms. The molecule has 0 saturated heterocycles. The number of fused-ring (bicyclic) bond motifs is 1. The summed E-state index contributed by atoms with van der Waals surface area (Å²) >= 11 is 3.03. The zero-order valence-electron chi connectivity index (χ0n) is 7.37. The van der Waals surface area contributed by atoms with Gasteiger partial charge in [-0.05, 0) is 28.1 Å². The summed E-state index contributed by atoms with van der Waals surface area (Å²) < 4.78 is 13.4. The van der Waals surface area contributed by atoms with Gasteiger partial charge in [0, 0.05) is 17.6 Å². The van der Waals surface area contributed by atoms with Crippen molar-refractivity contribution in [2.75, 3.05) is 0 Å². The number of carboxylic acids is 1. The molecule has 0 radical (unpaired) electrons. The lowest BCUT2D eigenvalue weighted by molar-refractivity contribution is 0.0696. The van der Waals surface area contributed by atoms with Crippen LogP contribution in [0.5, 0.6) is 0 Å². The van der Waals surface area contributed by atoms with E-state index in [0.717, 1.165) is 0 Å². The summed E-state index contributed by atoms with van der Waals surface area (Å²) in [4.78, 5) is 14.5. The Kier molecular flexibility index (Phi) is 2.40. The van der Waals surface area contributed by atoms with Crippen LogP contribution in [-0.2, 0) is 0 Å². The van der Waals surface area contributed by atoms with Crippen molar-refractivity contribution < 1.29 is 14.3 Å². The second-order valence-corrected chi connectivity index (χ2v) is 3.84. The van der Waals surface area contributed by atoms with Crippen molar-refractivity contribution in [3.05, 3.63) is 40.2 Å². The van der Waals surface area contributed by atoms with Crippen LogP contribution in [0.3, 0.4) is 0 Å². The van der Waals surface area contributed by atoms with Gasteiger partial charge in [-0.15, -0.1) is 0 Å². The summed E-state index contributed by atoms with van der Waals surface area (Å²) in [5, 5.41) is 9.33. The molecule has 15 heavy (non-hydrogen) atoms. The predicted molar refractivity (Wildman–Crippen MR) is 56.4 cm³/mol. The molecular formula is C10H5BrFNO2. The van der Waals surface area contributed by atoms with Gasteiger partial charge in [-0.3, -0.25) is 4.98 Å². The van der Waals surface area contributed by atoms with Crippen molar-refractivity contribution in [2.45, 2.75) is 0 Å². The Morgan fingerprint density at radius 1 is 1.40 bits per heavy atom. The topological polar surface area (TPSA) is 50.2 Å². The number of nitrogens with zero attached hydrogens (tertiary/aromatic N) is 1. The lowest BCUT2D eigenvalue weighted by Crippen LogP contribution is -1.97. The fourth-order valence-corrected chi connectivity index (χ4v) is 1.60. The monoisotopic (exact) mass is 269 g/mol. The van der Waals surface area contributed by atoms with Gasteiger partial charge in [0.2, 0.25) is 0 Å². The third-order valence-corrected chi connectivity index (χ3v) is 2.58. The van der Waals surface area contributed by atoms with E-state index in [1.54, 1.807) is 0 Å². The van der Waals surface area contributed by atoms with Gasteiger partial charge in [0.05, 0.1) is 15.6 Å². The van der Waals surface area contributed by atoms with Crippen LogP contribution in [0.1, 0.15) is 10.4 Å². The van der Waals surface area contributed by atoms with Crippen LogP contribution >= 0.6 is 15.9 Å². The van der Waals surface area contributed by atoms with E-state index in [4.69, 9.17) is 5.11 Å². The molecule has 3 nitrogen and oxygen atoms in total. The summed E-state index contributed by atoms with van der Waals surface area (Å²) in [7, 11) is 0. The van der Waals surface area contributed by atoms with Gasteiger partial charge < -0.3 is 5.11 Å². The zero-order valence-corrected chi connectivity index (χ0v) is 8.95. The van der Waals surface area contributed by atoms with E-state index < -0.39 is 11.8 Å². The standard InChI is InChI=1S/C10H5BrFNO2/c11-7-2-5-1-6(10(14)15)4-13-9(5)3-8(7)12/h1-4H,(H,14,15). The maximum Gasteiger partial charge on any atom is 0.337 e. The molecule has 0 amide bonds. The third-order valence-electron chi connectivity index (χ3n) is 1.97. The molecule has 1 N–H and O–H groups in total. The van der Waals surface area contributed by atoms with Crippen LogP contribution in [0.2, 0.25) is 0 Å². The maximum atomic E-state index is 13.1. The zero-order chi connectivity index (χ0) is 11.0.